The molecule has 0 bridgehead atoms. The van der Waals surface area contributed by atoms with E-state index < -0.39 is 17.1 Å². The molecule has 102 valence electrons. The van der Waals surface area contributed by atoms with Gasteiger partial charge in [-0.1, -0.05) is 19.3 Å². The van der Waals surface area contributed by atoms with Crippen molar-refractivity contribution in [2.75, 3.05) is 5.32 Å². The van der Waals surface area contributed by atoms with Gasteiger partial charge in [-0.15, -0.1) is 0 Å². The fraction of sp³-hybridized carbons (Fsp3) is 0.400. The topological polar surface area (TPSA) is 76.7 Å². The Hall–Kier alpha value is -2.40. The van der Waals surface area contributed by atoms with Crippen molar-refractivity contribution in [3.05, 3.63) is 29.6 Å². The second-order valence-electron chi connectivity index (χ2n) is 5.02. The van der Waals surface area contributed by atoms with Gasteiger partial charge in [0.15, 0.2) is 0 Å². The summed E-state index contributed by atoms with van der Waals surface area (Å²) in [6, 6.07) is 7.76. The van der Waals surface area contributed by atoms with E-state index >= 15 is 0 Å². The predicted molar refractivity (Wildman–Crippen MR) is 70.9 cm³/mol. The molecule has 1 aromatic carbocycles. The van der Waals surface area contributed by atoms with Gasteiger partial charge in [-0.2, -0.15) is 10.5 Å². The Labute approximate surface area is 116 Å². The standard InChI is InChI=1S/C15H14FN3O/c16-12-8-11(9-17)4-5-13(12)19-14(20)15(10-18)6-2-1-3-7-15/h4-5,8H,1-3,6-7H2,(H,19,20). The Balaban J connectivity index is 2.19. The van der Waals surface area contributed by atoms with Gasteiger partial charge in [-0.05, 0) is 31.0 Å². The molecule has 0 aliphatic heterocycles. The van der Waals surface area contributed by atoms with Gasteiger partial charge in [-0.3, -0.25) is 4.79 Å². The molecule has 0 radical (unpaired) electrons. The van der Waals surface area contributed by atoms with Crippen LogP contribution in [-0.4, -0.2) is 5.91 Å². The maximum Gasteiger partial charge on any atom is 0.244 e. The van der Waals surface area contributed by atoms with E-state index in [1.807, 2.05) is 6.07 Å². The number of halogens is 1. The smallest absolute Gasteiger partial charge is 0.244 e. The van der Waals surface area contributed by atoms with Crippen LogP contribution in [0.15, 0.2) is 18.2 Å². The molecular weight excluding hydrogens is 257 g/mol. The van der Waals surface area contributed by atoms with E-state index in [9.17, 15) is 14.4 Å². The highest BCUT2D eigenvalue weighted by Crippen LogP contribution is 2.37. The van der Waals surface area contributed by atoms with Crippen molar-refractivity contribution in [3.8, 4) is 12.1 Å². The second kappa shape index (κ2) is 5.71. The molecule has 20 heavy (non-hydrogen) atoms. The molecule has 1 saturated carbocycles. The number of nitrogens with zero attached hydrogens (tertiary/aromatic N) is 2. The van der Waals surface area contributed by atoms with Crippen molar-refractivity contribution in [1.82, 2.24) is 0 Å². The normalized spacial score (nSPS) is 16.8. The number of benzene rings is 1. The summed E-state index contributed by atoms with van der Waals surface area (Å²) in [5.74, 6) is -1.12. The highest BCUT2D eigenvalue weighted by atomic mass is 19.1. The van der Waals surface area contributed by atoms with E-state index in [4.69, 9.17) is 5.26 Å². The molecule has 0 atom stereocenters. The summed E-state index contributed by atoms with van der Waals surface area (Å²) in [4.78, 5) is 12.3. The lowest BCUT2D eigenvalue weighted by Crippen LogP contribution is -2.37. The van der Waals surface area contributed by atoms with E-state index in [-0.39, 0.29) is 11.3 Å². The van der Waals surface area contributed by atoms with Crippen LogP contribution >= 0.6 is 0 Å². The second-order valence-corrected chi connectivity index (χ2v) is 5.02. The first-order valence-electron chi connectivity index (χ1n) is 6.54. The Kier molecular flexibility index (Phi) is 4.00. The highest BCUT2D eigenvalue weighted by molar-refractivity contribution is 5.97. The maximum atomic E-state index is 13.7. The predicted octanol–water partition coefficient (Wildman–Crippen LogP) is 3.11. The number of nitriles is 2. The summed E-state index contributed by atoms with van der Waals surface area (Å²) >= 11 is 0. The van der Waals surface area contributed by atoms with Crippen LogP contribution in [0.3, 0.4) is 0 Å². The largest absolute Gasteiger partial charge is 0.322 e. The molecule has 1 fully saturated rings. The van der Waals surface area contributed by atoms with E-state index in [1.165, 1.54) is 12.1 Å². The molecule has 0 saturated heterocycles. The average molecular weight is 271 g/mol. The highest BCUT2D eigenvalue weighted by Gasteiger charge is 2.40. The molecule has 0 aromatic heterocycles. The quantitative estimate of drug-likeness (QED) is 0.897. The zero-order chi connectivity index (χ0) is 14.6. The van der Waals surface area contributed by atoms with Gasteiger partial charge in [0.25, 0.3) is 0 Å². The molecule has 1 aromatic rings. The number of hydrogen-bond acceptors (Lipinski definition) is 3. The number of anilines is 1. The number of carbonyl (C=O) groups is 1. The van der Waals surface area contributed by atoms with Gasteiger partial charge in [0, 0.05) is 0 Å². The molecule has 4 nitrogen and oxygen atoms in total. The summed E-state index contributed by atoms with van der Waals surface area (Å²) in [7, 11) is 0. The summed E-state index contributed by atoms with van der Waals surface area (Å²) in [5.41, 5.74) is -0.860. The SMILES string of the molecule is N#Cc1ccc(NC(=O)C2(C#N)CCCCC2)c(F)c1. The first kappa shape index (κ1) is 14.0. The van der Waals surface area contributed by atoms with Crippen molar-refractivity contribution < 1.29 is 9.18 Å². The van der Waals surface area contributed by atoms with Crippen molar-refractivity contribution in [2.45, 2.75) is 32.1 Å². The van der Waals surface area contributed by atoms with Gasteiger partial charge >= 0.3 is 0 Å². The zero-order valence-corrected chi connectivity index (χ0v) is 10.9. The number of hydrogen-bond donors (Lipinski definition) is 1. The first-order valence-corrected chi connectivity index (χ1v) is 6.54. The molecule has 1 aliphatic rings. The fourth-order valence-corrected chi connectivity index (χ4v) is 2.47. The lowest BCUT2D eigenvalue weighted by atomic mass is 9.74. The minimum absolute atomic E-state index is 0.00852. The minimum Gasteiger partial charge on any atom is -0.322 e. The van der Waals surface area contributed by atoms with Crippen LogP contribution in [0.25, 0.3) is 0 Å². The zero-order valence-electron chi connectivity index (χ0n) is 10.9. The van der Waals surface area contributed by atoms with Crippen molar-refractivity contribution in [3.63, 3.8) is 0 Å². The van der Waals surface area contributed by atoms with Crippen molar-refractivity contribution in [2.24, 2.45) is 5.41 Å². The summed E-state index contributed by atoms with van der Waals surface area (Å²) in [6.45, 7) is 0. The van der Waals surface area contributed by atoms with Crippen molar-refractivity contribution in [1.29, 1.82) is 10.5 Å². The Morgan fingerprint density at radius 3 is 2.50 bits per heavy atom. The fourth-order valence-electron chi connectivity index (χ4n) is 2.47. The molecular formula is C15H14FN3O. The third kappa shape index (κ3) is 2.62. The molecule has 0 heterocycles. The first-order chi connectivity index (χ1) is 9.61. The molecule has 1 amide bonds. The monoisotopic (exact) mass is 271 g/mol. The maximum absolute atomic E-state index is 13.7. The van der Waals surface area contributed by atoms with Gasteiger partial charge in [0.05, 0.1) is 23.4 Å². The summed E-state index contributed by atoms with van der Waals surface area (Å²) in [6.07, 6.45) is 3.69. The van der Waals surface area contributed by atoms with E-state index in [1.54, 1.807) is 0 Å². The molecule has 1 aliphatic carbocycles. The van der Waals surface area contributed by atoms with Crippen molar-refractivity contribution >= 4 is 11.6 Å². The Bertz CT molecular complexity index is 607. The third-order valence-electron chi connectivity index (χ3n) is 3.70. The summed E-state index contributed by atoms with van der Waals surface area (Å²) in [5, 5.41) is 20.4. The third-order valence-corrected chi connectivity index (χ3v) is 3.70. The number of rotatable bonds is 2. The Morgan fingerprint density at radius 2 is 1.95 bits per heavy atom. The number of carbonyl (C=O) groups excluding carboxylic acids is 1. The van der Waals surface area contributed by atoms with E-state index in [0.717, 1.165) is 25.3 Å². The van der Waals surface area contributed by atoms with Gasteiger partial charge in [-0.25, -0.2) is 4.39 Å². The molecule has 2 rings (SSSR count). The van der Waals surface area contributed by atoms with Crippen LogP contribution in [0.4, 0.5) is 10.1 Å². The van der Waals surface area contributed by atoms with Crippen LogP contribution in [0.1, 0.15) is 37.7 Å². The molecule has 5 heteroatoms. The van der Waals surface area contributed by atoms with Gasteiger partial charge < -0.3 is 5.32 Å². The van der Waals surface area contributed by atoms with Crippen LogP contribution in [0.5, 0.6) is 0 Å². The van der Waals surface area contributed by atoms with Crippen LogP contribution in [-0.2, 0) is 4.79 Å². The van der Waals surface area contributed by atoms with E-state index in [2.05, 4.69) is 11.4 Å². The summed E-state index contributed by atoms with van der Waals surface area (Å²) < 4.78 is 13.7. The number of amides is 1. The van der Waals surface area contributed by atoms with Crippen LogP contribution in [0.2, 0.25) is 0 Å². The molecule has 0 unspecified atom stereocenters. The van der Waals surface area contributed by atoms with Gasteiger partial charge in [0.2, 0.25) is 5.91 Å². The molecule has 1 N–H and O–H groups in total. The Morgan fingerprint density at radius 1 is 1.25 bits per heavy atom. The lowest BCUT2D eigenvalue weighted by Gasteiger charge is -2.29. The minimum atomic E-state index is -1.06. The number of nitrogens with one attached hydrogen (secondary N) is 1. The van der Waals surface area contributed by atoms with Gasteiger partial charge in [0.1, 0.15) is 11.2 Å². The van der Waals surface area contributed by atoms with E-state index in [0.29, 0.717) is 12.8 Å². The average Bonchev–Trinajstić information content (AvgIpc) is 2.49. The lowest BCUT2D eigenvalue weighted by molar-refractivity contribution is -0.124. The molecule has 0 spiro atoms. The van der Waals surface area contributed by atoms with Crippen LogP contribution in [0, 0.1) is 33.9 Å². The van der Waals surface area contributed by atoms with Crippen LogP contribution < -0.4 is 5.32 Å².